The summed E-state index contributed by atoms with van der Waals surface area (Å²) in [5.41, 5.74) is 3.67. The molecule has 0 radical (unpaired) electrons. The average molecular weight is 406 g/mol. The lowest BCUT2D eigenvalue weighted by Gasteiger charge is -2.32. The van der Waals surface area contributed by atoms with Crippen molar-refractivity contribution in [3.63, 3.8) is 0 Å². The molecule has 4 N–H and O–H groups in total. The lowest BCUT2D eigenvalue weighted by atomic mass is 9.90. The Balaban J connectivity index is 1.17. The highest BCUT2D eigenvalue weighted by atomic mass is 16.3. The van der Waals surface area contributed by atoms with Crippen molar-refractivity contribution in [3.05, 3.63) is 46.6 Å². The first kappa shape index (κ1) is 17.0. The third-order valence-corrected chi connectivity index (χ3v) is 8.50. The molecule has 7 rings (SSSR count). The summed E-state index contributed by atoms with van der Waals surface area (Å²) in [6.07, 6.45) is 13.7. The predicted molar refractivity (Wildman–Crippen MR) is 111 cm³/mol. The van der Waals surface area contributed by atoms with Gasteiger partial charge in [0.25, 0.3) is 0 Å². The molecule has 4 bridgehead atoms. The first-order chi connectivity index (χ1) is 14.5. The number of fused-ring (bicyclic) bond motifs is 10. The number of nitrogens with zero attached hydrogens (tertiary/aromatic N) is 2. The third-order valence-electron chi connectivity index (χ3n) is 8.50. The Labute approximate surface area is 174 Å². The molecule has 0 aliphatic heterocycles. The van der Waals surface area contributed by atoms with Gasteiger partial charge in [-0.05, 0) is 38.5 Å². The molecule has 0 amide bonds. The zero-order valence-corrected chi connectivity index (χ0v) is 16.7. The van der Waals surface area contributed by atoms with Crippen LogP contribution in [0.15, 0.2) is 24.3 Å². The van der Waals surface area contributed by atoms with Crippen molar-refractivity contribution < 1.29 is 20.4 Å². The van der Waals surface area contributed by atoms with E-state index in [-0.39, 0.29) is 59.3 Å². The van der Waals surface area contributed by atoms with Crippen LogP contribution in [0.25, 0.3) is 0 Å². The van der Waals surface area contributed by atoms with Gasteiger partial charge in [-0.3, -0.25) is 9.13 Å². The van der Waals surface area contributed by atoms with Crippen LogP contribution in [0.2, 0.25) is 0 Å². The van der Waals surface area contributed by atoms with E-state index in [1.807, 2.05) is 0 Å². The summed E-state index contributed by atoms with van der Waals surface area (Å²) < 4.78 is 3.49. The molecule has 1 saturated carbocycles. The third kappa shape index (κ3) is 1.86. The van der Waals surface area contributed by atoms with Gasteiger partial charge < -0.3 is 20.4 Å². The Hall–Kier alpha value is -2.76. The zero-order valence-electron chi connectivity index (χ0n) is 16.7. The first-order valence-corrected chi connectivity index (χ1v) is 11.2. The maximum Gasteiger partial charge on any atom is 0.198 e. The number of aromatic hydroxyl groups is 4. The van der Waals surface area contributed by atoms with Crippen molar-refractivity contribution in [2.45, 2.75) is 74.3 Å². The molecule has 0 aromatic carbocycles. The monoisotopic (exact) mass is 406 g/mol. The van der Waals surface area contributed by atoms with E-state index >= 15 is 0 Å². The topological polar surface area (TPSA) is 90.8 Å². The van der Waals surface area contributed by atoms with E-state index in [2.05, 4.69) is 24.3 Å². The Morgan fingerprint density at radius 3 is 1.03 bits per heavy atom. The minimum Gasteiger partial charge on any atom is -0.494 e. The van der Waals surface area contributed by atoms with Crippen molar-refractivity contribution >= 4 is 0 Å². The van der Waals surface area contributed by atoms with E-state index < -0.39 is 0 Å². The van der Waals surface area contributed by atoms with Crippen molar-refractivity contribution in [1.82, 2.24) is 9.13 Å². The van der Waals surface area contributed by atoms with Crippen molar-refractivity contribution in [2.75, 3.05) is 0 Å². The van der Waals surface area contributed by atoms with Crippen LogP contribution in [-0.4, -0.2) is 29.6 Å². The maximum atomic E-state index is 10.9. The Morgan fingerprint density at radius 2 is 0.767 bits per heavy atom. The molecule has 5 aliphatic carbocycles. The summed E-state index contributed by atoms with van der Waals surface area (Å²) in [4.78, 5) is 0. The van der Waals surface area contributed by atoms with Gasteiger partial charge in [0.2, 0.25) is 0 Å². The van der Waals surface area contributed by atoms with Crippen LogP contribution in [0.3, 0.4) is 0 Å². The second-order valence-corrected chi connectivity index (χ2v) is 9.82. The Morgan fingerprint density at radius 1 is 0.500 bits per heavy atom. The Bertz CT molecular complexity index is 984. The summed E-state index contributed by atoms with van der Waals surface area (Å²) in [7, 11) is 0. The van der Waals surface area contributed by atoms with Crippen molar-refractivity contribution in [2.24, 2.45) is 0 Å². The van der Waals surface area contributed by atoms with E-state index in [9.17, 15) is 20.4 Å². The SMILES string of the molecule is Oc1c2c(c(O)n1C1CCC(n3c(O)c4c(c3O)C3C=CC4C3)CC1)C1C=CC2C1. The summed E-state index contributed by atoms with van der Waals surface area (Å²) in [6, 6.07) is 0.0755. The van der Waals surface area contributed by atoms with E-state index in [0.29, 0.717) is 0 Å². The first-order valence-electron chi connectivity index (χ1n) is 11.2. The van der Waals surface area contributed by atoms with Gasteiger partial charge in [-0.1, -0.05) is 24.3 Å². The van der Waals surface area contributed by atoms with Crippen LogP contribution in [0.1, 0.15) is 96.5 Å². The highest BCUT2D eigenvalue weighted by Gasteiger charge is 2.44. The smallest absolute Gasteiger partial charge is 0.198 e. The highest BCUT2D eigenvalue weighted by Crippen LogP contribution is 2.60. The van der Waals surface area contributed by atoms with Crippen molar-refractivity contribution in [1.29, 1.82) is 0 Å². The molecular weight excluding hydrogens is 380 g/mol. The summed E-state index contributed by atoms with van der Waals surface area (Å²) in [5.74, 6) is 1.85. The second-order valence-electron chi connectivity index (χ2n) is 9.82. The number of aromatic nitrogens is 2. The molecule has 156 valence electrons. The molecule has 2 aromatic rings. The van der Waals surface area contributed by atoms with E-state index in [1.165, 1.54) is 0 Å². The van der Waals surface area contributed by atoms with Crippen LogP contribution in [0, 0.1) is 0 Å². The van der Waals surface area contributed by atoms with Gasteiger partial charge in [0, 0.05) is 58.0 Å². The molecule has 5 aliphatic rings. The number of hydrogen-bond donors (Lipinski definition) is 4. The summed E-state index contributed by atoms with van der Waals surface area (Å²) in [6.45, 7) is 0. The van der Waals surface area contributed by atoms with Crippen molar-refractivity contribution in [3.8, 4) is 23.5 Å². The van der Waals surface area contributed by atoms with Gasteiger partial charge in [0.05, 0.1) is 0 Å². The fraction of sp³-hybridized carbons (Fsp3) is 0.500. The molecule has 4 atom stereocenters. The van der Waals surface area contributed by atoms with E-state index in [1.54, 1.807) is 9.13 Å². The van der Waals surface area contributed by atoms with Crippen LogP contribution in [0.4, 0.5) is 0 Å². The number of rotatable bonds is 2. The molecule has 2 aromatic heterocycles. The molecule has 1 fully saturated rings. The molecule has 0 saturated heterocycles. The van der Waals surface area contributed by atoms with E-state index in [4.69, 9.17) is 0 Å². The largest absolute Gasteiger partial charge is 0.494 e. The molecule has 6 nitrogen and oxygen atoms in total. The summed E-state index contributed by atoms with van der Waals surface area (Å²) in [5, 5.41) is 43.6. The molecule has 4 unspecified atom stereocenters. The van der Waals surface area contributed by atoms with Gasteiger partial charge in [-0.25, -0.2) is 0 Å². The lowest BCUT2D eigenvalue weighted by Crippen LogP contribution is -2.20. The molecule has 0 spiro atoms. The van der Waals surface area contributed by atoms with Crippen LogP contribution in [-0.2, 0) is 0 Å². The van der Waals surface area contributed by atoms with Crippen LogP contribution < -0.4 is 0 Å². The summed E-state index contributed by atoms with van der Waals surface area (Å²) >= 11 is 0. The highest BCUT2D eigenvalue weighted by molar-refractivity contribution is 5.60. The van der Waals surface area contributed by atoms with E-state index in [0.717, 1.165) is 60.8 Å². The molecule has 30 heavy (non-hydrogen) atoms. The number of allylic oxidation sites excluding steroid dienone is 4. The van der Waals surface area contributed by atoms with Crippen LogP contribution >= 0.6 is 0 Å². The Kier molecular flexibility index (Phi) is 3.10. The van der Waals surface area contributed by atoms with Gasteiger partial charge in [-0.15, -0.1) is 0 Å². The minimum atomic E-state index is 0.0378. The normalized spacial score (nSPS) is 34.8. The maximum absolute atomic E-state index is 10.9. The second kappa shape index (κ2) is 5.48. The van der Waals surface area contributed by atoms with Crippen LogP contribution in [0.5, 0.6) is 23.5 Å². The fourth-order valence-electron chi connectivity index (χ4n) is 7.18. The average Bonchev–Trinajstić information content (AvgIpc) is 3.56. The van der Waals surface area contributed by atoms with Gasteiger partial charge in [-0.2, -0.15) is 0 Å². The fourth-order valence-corrected chi connectivity index (χ4v) is 7.18. The van der Waals surface area contributed by atoms with Gasteiger partial charge in [0.1, 0.15) is 0 Å². The number of hydrogen-bond acceptors (Lipinski definition) is 4. The van der Waals surface area contributed by atoms with Gasteiger partial charge >= 0.3 is 0 Å². The molecule has 2 heterocycles. The standard InChI is InChI=1S/C24H26N2O4/c27-21-17-11-1-2-12(9-11)18(17)22(28)25(21)15-5-7-16(8-6-15)26-23(29)19-13-3-4-14(10-13)20(19)24(26)30/h1-4,11-16,27-30H,5-10H2. The van der Waals surface area contributed by atoms with Gasteiger partial charge in [0.15, 0.2) is 23.5 Å². The predicted octanol–water partition coefficient (Wildman–Crippen LogP) is 4.75. The minimum absolute atomic E-state index is 0.0378. The molecule has 6 heteroatoms. The zero-order chi connectivity index (χ0) is 20.3. The lowest BCUT2D eigenvalue weighted by molar-refractivity contribution is 0.219. The quantitative estimate of drug-likeness (QED) is 0.542. The molecular formula is C24H26N2O4.